The number of nitrogens with zero attached hydrogens (tertiary/aromatic N) is 2. The molecular formula is C18H18N4O3S2. The summed E-state index contributed by atoms with van der Waals surface area (Å²) in [6.45, 7) is 1.94. The topological polar surface area (TPSA) is 104 Å². The first-order chi connectivity index (χ1) is 12.8. The Balaban J connectivity index is 1.61. The van der Waals surface area contributed by atoms with E-state index in [1.54, 1.807) is 16.8 Å². The lowest BCUT2D eigenvalue weighted by molar-refractivity contribution is 0.0953. The average molecular weight is 403 g/mol. The molecule has 1 atom stereocenters. The number of thiophene rings is 1. The molecule has 1 aliphatic rings. The van der Waals surface area contributed by atoms with E-state index in [0.717, 1.165) is 21.5 Å². The summed E-state index contributed by atoms with van der Waals surface area (Å²) in [4.78, 5) is 14.1. The SMILES string of the molecule is Cc1sc(C(=O)NC2CS(=O)(=O)CCC2=N)cc1-c1cnn2ccccc12. The molecule has 3 aromatic heterocycles. The summed E-state index contributed by atoms with van der Waals surface area (Å²) in [5.41, 5.74) is 3.08. The van der Waals surface area contributed by atoms with E-state index in [-0.39, 0.29) is 29.5 Å². The summed E-state index contributed by atoms with van der Waals surface area (Å²) in [6, 6.07) is 6.86. The quantitative estimate of drug-likeness (QED) is 0.701. The number of pyridine rings is 1. The predicted octanol–water partition coefficient (Wildman–Crippen LogP) is 2.31. The highest BCUT2D eigenvalue weighted by Gasteiger charge is 2.30. The highest BCUT2D eigenvalue weighted by molar-refractivity contribution is 7.91. The fourth-order valence-corrected chi connectivity index (χ4v) is 5.67. The maximum atomic E-state index is 12.7. The summed E-state index contributed by atoms with van der Waals surface area (Å²) in [5, 5.41) is 15.0. The lowest BCUT2D eigenvalue weighted by Crippen LogP contribution is -2.48. The molecule has 2 N–H and O–H groups in total. The molecule has 0 spiro atoms. The molecular weight excluding hydrogens is 384 g/mol. The molecule has 0 saturated carbocycles. The van der Waals surface area contributed by atoms with Crippen LogP contribution < -0.4 is 5.32 Å². The summed E-state index contributed by atoms with van der Waals surface area (Å²) < 4.78 is 25.4. The lowest BCUT2D eigenvalue weighted by Gasteiger charge is -2.23. The maximum absolute atomic E-state index is 12.7. The fourth-order valence-electron chi connectivity index (χ4n) is 3.24. The van der Waals surface area contributed by atoms with Gasteiger partial charge in [-0.3, -0.25) is 4.79 Å². The Labute approximate surface area is 160 Å². The Morgan fingerprint density at radius 2 is 2.19 bits per heavy atom. The molecule has 0 bridgehead atoms. The second-order valence-corrected chi connectivity index (χ2v) is 10.1. The van der Waals surface area contributed by atoms with Gasteiger partial charge in [-0.1, -0.05) is 6.07 Å². The third kappa shape index (κ3) is 3.40. The van der Waals surface area contributed by atoms with Crippen LogP contribution in [0.15, 0.2) is 36.7 Å². The minimum Gasteiger partial charge on any atom is -0.342 e. The van der Waals surface area contributed by atoms with Gasteiger partial charge in [-0.2, -0.15) is 5.10 Å². The molecule has 1 saturated heterocycles. The van der Waals surface area contributed by atoms with Gasteiger partial charge in [-0.25, -0.2) is 12.9 Å². The van der Waals surface area contributed by atoms with Crippen molar-refractivity contribution in [3.63, 3.8) is 0 Å². The first-order valence-electron chi connectivity index (χ1n) is 8.46. The van der Waals surface area contributed by atoms with Gasteiger partial charge in [0.1, 0.15) is 0 Å². The molecule has 1 unspecified atom stereocenters. The third-order valence-electron chi connectivity index (χ3n) is 4.69. The van der Waals surface area contributed by atoms with Crippen LogP contribution in [0, 0.1) is 12.3 Å². The van der Waals surface area contributed by atoms with Crippen molar-refractivity contribution in [2.45, 2.75) is 19.4 Å². The van der Waals surface area contributed by atoms with Crippen molar-refractivity contribution in [2.75, 3.05) is 11.5 Å². The standard InChI is InChI=1S/C18H18N4O3S2/c1-11-12(13-9-20-22-6-3-2-4-16(13)22)8-17(26-11)18(23)21-15-10-27(24,25)7-5-14(15)19/h2-4,6,8-9,15,19H,5,7,10H2,1H3,(H,21,23). The number of carbonyl (C=O) groups is 1. The van der Waals surface area contributed by atoms with Gasteiger partial charge in [-0.05, 0) is 30.7 Å². The number of aromatic nitrogens is 2. The van der Waals surface area contributed by atoms with E-state index in [1.807, 2.05) is 31.3 Å². The Morgan fingerprint density at radius 3 is 3.00 bits per heavy atom. The van der Waals surface area contributed by atoms with Crippen molar-refractivity contribution in [3.8, 4) is 11.1 Å². The van der Waals surface area contributed by atoms with E-state index >= 15 is 0 Å². The van der Waals surface area contributed by atoms with Gasteiger partial charge in [0.05, 0.1) is 34.1 Å². The van der Waals surface area contributed by atoms with Gasteiger partial charge in [0.2, 0.25) is 0 Å². The van der Waals surface area contributed by atoms with Crippen LogP contribution in [0.3, 0.4) is 0 Å². The summed E-state index contributed by atoms with van der Waals surface area (Å²) in [6.07, 6.45) is 3.81. The number of aryl methyl sites for hydroxylation is 1. The molecule has 9 heteroatoms. The second kappa shape index (κ2) is 6.58. The fraction of sp³-hybridized carbons (Fsp3) is 0.278. The molecule has 7 nitrogen and oxygen atoms in total. The zero-order valence-corrected chi connectivity index (χ0v) is 16.2. The van der Waals surface area contributed by atoms with E-state index in [4.69, 9.17) is 5.41 Å². The monoisotopic (exact) mass is 402 g/mol. The normalized spacial score (nSPS) is 19.3. The molecule has 1 aliphatic heterocycles. The van der Waals surface area contributed by atoms with E-state index in [1.165, 1.54) is 11.3 Å². The number of amides is 1. The van der Waals surface area contributed by atoms with Crippen LogP contribution >= 0.6 is 11.3 Å². The van der Waals surface area contributed by atoms with Gasteiger partial charge < -0.3 is 10.7 Å². The molecule has 4 rings (SSSR count). The molecule has 0 aliphatic carbocycles. The van der Waals surface area contributed by atoms with Crippen LogP contribution in [0.25, 0.3) is 16.6 Å². The molecule has 140 valence electrons. The molecule has 1 fully saturated rings. The maximum Gasteiger partial charge on any atom is 0.261 e. The number of hydrogen-bond acceptors (Lipinski definition) is 6. The number of nitrogens with one attached hydrogen (secondary N) is 2. The zero-order valence-electron chi connectivity index (χ0n) is 14.6. The van der Waals surface area contributed by atoms with Crippen LogP contribution in [-0.2, 0) is 9.84 Å². The van der Waals surface area contributed by atoms with Gasteiger partial charge in [0.15, 0.2) is 9.84 Å². The van der Waals surface area contributed by atoms with Crippen molar-refractivity contribution in [1.82, 2.24) is 14.9 Å². The highest BCUT2D eigenvalue weighted by Crippen LogP contribution is 2.33. The second-order valence-electron chi connectivity index (χ2n) is 6.58. The molecule has 0 radical (unpaired) electrons. The zero-order chi connectivity index (χ0) is 19.2. The molecule has 27 heavy (non-hydrogen) atoms. The Kier molecular flexibility index (Phi) is 4.35. The van der Waals surface area contributed by atoms with Gasteiger partial charge in [0, 0.05) is 28.8 Å². The minimum atomic E-state index is -3.22. The van der Waals surface area contributed by atoms with Crippen LogP contribution in [0.1, 0.15) is 21.0 Å². The van der Waals surface area contributed by atoms with Gasteiger partial charge in [-0.15, -0.1) is 11.3 Å². The van der Waals surface area contributed by atoms with E-state index < -0.39 is 15.9 Å². The van der Waals surface area contributed by atoms with Crippen molar-refractivity contribution >= 4 is 38.3 Å². The molecule has 3 aromatic rings. The van der Waals surface area contributed by atoms with Crippen LogP contribution in [-0.4, -0.2) is 47.2 Å². The number of fused-ring (bicyclic) bond motifs is 1. The van der Waals surface area contributed by atoms with Crippen molar-refractivity contribution in [3.05, 3.63) is 46.4 Å². The van der Waals surface area contributed by atoms with E-state index in [0.29, 0.717) is 4.88 Å². The predicted molar refractivity (Wildman–Crippen MR) is 105 cm³/mol. The van der Waals surface area contributed by atoms with Crippen LogP contribution in [0.2, 0.25) is 0 Å². The van der Waals surface area contributed by atoms with Gasteiger partial charge in [0.25, 0.3) is 5.91 Å². The smallest absolute Gasteiger partial charge is 0.261 e. The lowest BCUT2D eigenvalue weighted by atomic mass is 10.1. The van der Waals surface area contributed by atoms with E-state index in [9.17, 15) is 13.2 Å². The largest absolute Gasteiger partial charge is 0.342 e. The Morgan fingerprint density at radius 1 is 1.37 bits per heavy atom. The van der Waals surface area contributed by atoms with Gasteiger partial charge >= 0.3 is 0 Å². The number of carbonyl (C=O) groups excluding carboxylic acids is 1. The van der Waals surface area contributed by atoms with Crippen LogP contribution in [0.5, 0.6) is 0 Å². The summed E-state index contributed by atoms with van der Waals surface area (Å²) >= 11 is 1.35. The highest BCUT2D eigenvalue weighted by atomic mass is 32.2. The molecule has 0 aromatic carbocycles. The Hall–Kier alpha value is -2.52. The first-order valence-corrected chi connectivity index (χ1v) is 11.1. The third-order valence-corrected chi connectivity index (χ3v) is 7.40. The van der Waals surface area contributed by atoms with Crippen molar-refractivity contribution in [2.24, 2.45) is 0 Å². The number of rotatable bonds is 3. The summed E-state index contributed by atoms with van der Waals surface area (Å²) in [7, 11) is -3.22. The van der Waals surface area contributed by atoms with Crippen molar-refractivity contribution < 1.29 is 13.2 Å². The van der Waals surface area contributed by atoms with Crippen molar-refractivity contribution in [1.29, 1.82) is 5.41 Å². The van der Waals surface area contributed by atoms with Crippen LogP contribution in [0.4, 0.5) is 0 Å². The number of hydrogen-bond donors (Lipinski definition) is 2. The summed E-state index contributed by atoms with van der Waals surface area (Å²) in [5.74, 6) is -0.574. The molecule has 1 amide bonds. The Bertz CT molecular complexity index is 1160. The first kappa shape index (κ1) is 17.9. The van der Waals surface area contributed by atoms with E-state index in [2.05, 4.69) is 10.4 Å². The minimum absolute atomic E-state index is 0.0187. The molecule has 4 heterocycles. The average Bonchev–Trinajstić information content (AvgIpc) is 3.21. The number of sulfone groups is 1.